The number of piperidine rings is 1. The Kier molecular flexibility index (Phi) is 6.41. The van der Waals surface area contributed by atoms with Gasteiger partial charge in [0.1, 0.15) is 0 Å². The van der Waals surface area contributed by atoms with Crippen molar-refractivity contribution in [3.63, 3.8) is 0 Å². The second kappa shape index (κ2) is 8.97. The molecule has 2 aromatic carbocycles. The van der Waals surface area contributed by atoms with E-state index in [4.69, 9.17) is 0 Å². The monoisotopic (exact) mass is 445 g/mol. The highest BCUT2D eigenvalue weighted by atomic mass is 79.9. The number of halogens is 1. The Bertz CT molecular complexity index is 860. The number of nitrogens with zero attached hydrogens (tertiary/aromatic N) is 2. The van der Waals surface area contributed by atoms with Crippen LogP contribution >= 0.6 is 15.9 Å². The first-order valence-electron chi connectivity index (χ1n) is 9.00. The number of benzene rings is 2. The molecule has 1 aliphatic heterocycles. The Balaban J connectivity index is 1.49. The van der Waals surface area contributed by atoms with E-state index in [-0.39, 0.29) is 23.4 Å². The summed E-state index contributed by atoms with van der Waals surface area (Å²) in [6.45, 7) is 1.46. The summed E-state index contributed by atoms with van der Waals surface area (Å²) in [5, 5.41) is 13.7. The average Bonchev–Trinajstić information content (AvgIpc) is 2.73. The zero-order valence-corrected chi connectivity index (χ0v) is 16.7. The Hall–Kier alpha value is -2.74. The number of nitro benzene ring substituents is 1. The van der Waals surface area contributed by atoms with E-state index in [2.05, 4.69) is 21.2 Å². The molecular formula is C20H20BrN3O4. The smallest absolute Gasteiger partial charge is 0.269 e. The first kappa shape index (κ1) is 20.0. The van der Waals surface area contributed by atoms with Gasteiger partial charge in [-0.1, -0.05) is 28.1 Å². The summed E-state index contributed by atoms with van der Waals surface area (Å²) in [6, 6.07) is 13.4. The highest BCUT2D eigenvalue weighted by molar-refractivity contribution is 9.10. The topological polar surface area (TPSA) is 92.6 Å². The third kappa shape index (κ3) is 4.95. The molecule has 0 spiro atoms. The van der Waals surface area contributed by atoms with Crippen molar-refractivity contribution >= 4 is 33.4 Å². The number of nitrogens with one attached hydrogen (secondary N) is 1. The van der Waals surface area contributed by atoms with E-state index >= 15 is 0 Å². The summed E-state index contributed by atoms with van der Waals surface area (Å²) < 4.78 is 0.993. The summed E-state index contributed by atoms with van der Waals surface area (Å²) in [5.41, 5.74) is 1.41. The molecule has 0 saturated carbocycles. The highest BCUT2D eigenvalue weighted by Crippen LogP contribution is 2.21. The molecule has 2 amide bonds. The molecule has 3 rings (SSSR count). The molecule has 2 aromatic rings. The van der Waals surface area contributed by atoms with E-state index in [1.54, 1.807) is 4.90 Å². The maximum atomic E-state index is 12.5. The van der Waals surface area contributed by atoms with Crippen LogP contribution in [0.15, 0.2) is 53.0 Å². The molecule has 1 saturated heterocycles. The predicted octanol–water partition coefficient (Wildman–Crippen LogP) is 3.53. The zero-order chi connectivity index (χ0) is 20.1. The summed E-state index contributed by atoms with van der Waals surface area (Å²) >= 11 is 3.38. The number of carbonyl (C=O) groups excluding carboxylic acids is 2. The maximum Gasteiger partial charge on any atom is 0.269 e. The number of hydrogen-bond acceptors (Lipinski definition) is 4. The van der Waals surface area contributed by atoms with Crippen molar-refractivity contribution in [2.24, 2.45) is 5.92 Å². The van der Waals surface area contributed by atoms with Gasteiger partial charge in [-0.15, -0.1) is 0 Å². The molecule has 0 atom stereocenters. The summed E-state index contributed by atoms with van der Waals surface area (Å²) in [7, 11) is 0. The van der Waals surface area contributed by atoms with Crippen molar-refractivity contribution < 1.29 is 14.5 Å². The standard InChI is InChI=1S/C20H20BrN3O4/c21-17-5-1-14(2-6-17)13-22-19(25)15-9-11-23(12-10-15)20(26)16-3-7-18(8-4-16)24(27)28/h1-8,15H,9-13H2,(H,22,25). The molecular weight excluding hydrogens is 426 g/mol. The largest absolute Gasteiger partial charge is 0.352 e. The van der Waals surface area contributed by atoms with Crippen LogP contribution in [0.25, 0.3) is 0 Å². The van der Waals surface area contributed by atoms with Gasteiger partial charge in [0, 0.05) is 47.7 Å². The van der Waals surface area contributed by atoms with E-state index < -0.39 is 4.92 Å². The lowest BCUT2D eigenvalue weighted by Gasteiger charge is -2.31. The Morgan fingerprint density at radius 2 is 1.68 bits per heavy atom. The molecule has 0 aromatic heterocycles. The van der Waals surface area contributed by atoms with Crippen LogP contribution in [0.1, 0.15) is 28.8 Å². The average molecular weight is 446 g/mol. The van der Waals surface area contributed by atoms with Crippen LogP contribution in [0.4, 0.5) is 5.69 Å². The van der Waals surface area contributed by atoms with E-state index in [1.165, 1.54) is 24.3 Å². The van der Waals surface area contributed by atoms with Gasteiger partial charge in [0.15, 0.2) is 0 Å². The van der Waals surface area contributed by atoms with Crippen LogP contribution < -0.4 is 5.32 Å². The molecule has 1 fully saturated rings. The lowest BCUT2D eigenvalue weighted by molar-refractivity contribution is -0.384. The normalized spacial score (nSPS) is 14.5. The van der Waals surface area contributed by atoms with Crippen molar-refractivity contribution in [3.05, 3.63) is 74.2 Å². The van der Waals surface area contributed by atoms with Crippen LogP contribution in [0.2, 0.25) is 0 Å². The minimum Gasteiger partial charge on any atom is -0.352 e. The molecule has 0 unspecified atom stereocenters. The third-order valence-electron chi connectivity index (χ3n) is 4.86. The summed E-state index contributed by atoms with van der Waals surface area (Å²) in [4.78, 5) is 36.9. The quantitative estimate of drug-likeness (QED) is 0.562. The van der Waals surface area contributed by atoms with E-state index in [0.717, 1.165) is 10.0 Å². The van der Waals surface area contributed by atoms with Gasteiger partial charge in [-0.25, -0.2) is 0 Å². The van der Waals surface area contributed by atoms with Gasteiger partial charge in [-0.05, 0) is 42.7 Å². The van der Waals surface area contributed by atoms with Crippen LogP contribution in [0.3, 0.4) is 0 Å². The molecule has 0 aliphatic carbocycles. The van der Waals surface area contributed by atoms with E-state index in [9.17, 15) is 19.7 Å². The molecule has 1 aliphatic rings. The number of non-ortho nitro benzene ring substituents is 1. The number of likely N-dealkylation sites (tertiary alicyclic amines) is 1. The second-order valence-electron chi connectivity index (χ2n) is 6.71. The molecule has 0 bridgehead atoms. The Labute approximate surface area is 171 Å². The first-order chi connectivity index (χ1) is 13.4. The Morgan fingerprint density at radius 1 is 1.07 bits per heavy atom. The molecule has 7 nitrogen and oxygen atoms in total. The van der Waals surface area contributed by atoms with Crippen molar-refractivity contribution in [2.75, 3.05) is 13.1 Å². The van der Waals surface area contributed by atoms with Crippen molar-refractivity contribution in [1.82, 2.24) is 10.2 Å². The Morgan fingerprint density at radius 3 is 2.25 bits per heavy atom. The number of amides is 2. The van der Waals surface area contributed by atoms with Crippen molar-refractivity contribution in [3.8, 4) is 0 Å². The van der Waals surface area contributed by atoms with Gasteiger partial charge >= 0.3 is 0 Å². The van der Waals surface area contributed by atoms with Gasteiger partial charge < -0.3 is 10.2 Å². The lowest BCUT2D eigenvalue weighted by Crippen LogP contribution is -2.42. The molecule has 8 heteroatoms. The maximum absolute atomic E-state index is 12.5. The molecule has 0 radical (unpaired) electrons. The number of rotatable bonds is 5. The predicted molar refractivity (Wildman–Crippen MR) is 108 cm³/mol. The zero-order valence-electron chi connectivity index (χ0n) is 15.1. The van der Waals surface area contributed by atoms with Crippen LogP contribution in [0, 0.1) is 16.0 Å². The van der Waals surface area contributed by atoms with Gasteiger partial charge in [0.25, 0.3) is 11.6 Å². The fourth-order valence-corrected chi connectivity index (χ4v) is 3.45. The summed E-state index contributed by atoms with van der Waals surface area (Å²) in [6.07, 6.45) is 1.20. The minimum absolute atomic E-state index is 0.00496. The molecule has 28 heavy (non-hydrogen) atoms. The molecule has 1 N–H and O–H groups in total. The minimum atomic E-state index is -0.493. The number of hydrogen-bond donors (Lipinski definition) is 1. The highest BCUT2D eigenvalue weighted by Gasteiger charge is 2.27. The number of carbonyl (C=O) groups is 2. The lowest BCUT2D eigenvalue weighted by atomic mass is 9.95. The van der Waals surface area contributed by atoms with Crippen LogP contribution in [0.5, 0.6) is 0 Å². The van der Waals surface area contributed by atoms with Crippen molar-refractivity contribution in [2.45, 2.75) is 19.4 Å². The summed E-state index contributed by atoms with van der Waals surface area (Å²) in [5.74, 6) is -0.273. The number of nitro groups is 1. The van der Waals surface area contributed by atoms with Crippen LogP contribution in [-0.2, 0) is 11.3 Å². The SMILES string of the molecule is O=C(NCc1ccc(Br)cc1)C1CCN(C(=O)c2ccc([N+](=O)[O-])cc2)CC1. The van der Waals surface area contributed by atoms with Crippen LogP contribution in [-0.4, -0.2) is 34.7 Å². The van der Waals surface area contributed by atoms with Gasteiger partial charge in [0.2, 0.25) is 5.91 Å². The second-order valence-corrected chi connectivity index (χ2v) is 7.63. The molecule has 1 heterocycles. The van der Waals surface area contributed by atoms with Gasteiger partial charge in [-0.2, -0.15) is 0 Å². The first-order valence-corrected chi connectivity index (χ1v) is 9.79. The van der Waals surface area contributed by atoms with Crippen molar-refractivity contribution in [1.29, 1.82) is 0 Å². The van der Waals surface area contributed by atoms with Gasteiger partial charge in [0.05, 0.1) is 4.92 Å². The third-order valence-corrected chi connectivity index (χ3v) is 5.39. The fraction of sp³-hybridized carbons (Fsp3) is 0.300. The molecule has 146 valence electrons. The van der Waals surface area contributed by atoms with E-state index in [1.807, 2.05) is 24.3 Å². The van der Waals surface area contributed by atoms with Gasteiger partial charge in [-0.3, -0.25) is 19.7 Å². The van der Waals surface area contributed by atoms with E-state index in [0.29, 0.717) is 38.0 Å². The fourth-order valence-electron chi connectivity index (χ4n) is 3.19.